The quantitative estimate of drug-likeness (QED) is 0.863. The van der Waals surface area contributed by atoms with Gasteiger partial charge in [0, 0.05) is 13.2 Å². The first kappa shape index (κ1) is 13.8. The molecule has 0 aliphatic heterocycles. The Balaban J connectivity index is 1.79. The van der Waals surface area contributed by atoms with Crippen molar-refractivity contribution in [3.8, 4) is 0 Å². The Morgan fingerprint density at radius 3 is 2.83 bits per heavy atom. The summed E-state index contributed by atoms with van der Waals surface area (Å²) < 4.78 is 13.2. The van der Waals surface area contributed by atoms with Crippen LogP contribution in [0.4, 0.5) is 4.39 Å². The molecule has 1 aliphatic carbocycles. The summed E-state index contributed by atoms with van der Waals surface area (Å²) in [5.74, 6) is 0.608. The van der Waals surface area contributed by atoms with E-state index in [0.29, 0.717) is 18.4 Å². The van der Waals surface area contributed by atoms with Crippen LogP contribution in [0.3, 0.4) is 0 Å². The number of benzene rings is 1. The average Bonchev–Trinajstić information content (AvgIpc) is 2.81. The van der Waals surface area contributed by atoms with Crippen molar-refractivity contribution in [3.63, 3.8) is 0 Å². The maximum atomic E-state index is 13.2. The first-order valence-electron chi connectivity index (χ1n) is 6.46. The van der Waals surface area contributed by atoms with Gasteiger partial charge in [0.15, 0.2) is 0 Å². The lowest BCUT2D eigenvalue weighted by Gasteiger charge is -2.17. The lowest BCUT2D eigenvalue weighted by Crippen LogP contribution is -2.26. The number of rotatable bonds is 5. The molecule has 2 nitrogen and oxygen atoms in total. The van der Waals surface area contributed by atoms with Crippen LogP contribution in [0.25, 0.3) is 0 Å². The number of halogens is 2. The molecule has 1 saturated carbocycles. The Morgan fingerprint density at radius 1 is 1.33 bits per heavy atom. The predicted octanol–water partition coefficient (Wildman–Crippen LogP) is 2.98. The first-order chi connectivity index (χ1) is 8.70. The van der Waals surface area contributed by atoms with Crippen LogP contribution in [0.2, 0.25) is 5.02 Å². The summed E-state index contributed by atoms with van der Waals surface area (Å²) in [6.07, 6.45) is 3.50. The smallest absolute Gasteiger partial charge is 0.142 e. The van der Waals surface area contributed by atoms with Crippen molar-refractivity contribution in [3.05, 3.63) is 34.6 Å². The summed E-state index contributed by atoms with van der Waals surface area (Å²) >= 11 is 5.63. The molecular formula is C14H19ClFNO. The van der Waals surface area contributed by atoms with E-state index in [0.717, 1.165) is 18.5 Å². The van der Waals surface area contributed by atoms with Gasteiger partial charge in [0.1, 0.15) is 5.82 Å². The molecule has 18 heavy (non-hydrogen) atoms. The highest BCUT2D eigenvalue weighted by Crippen LogP contribution is 2.30. The van der Waals surface area contributed by atoms with E-state index in [1.165, 1.54) is 18.9 Å². The van der Waals surface area contributed by atoms with Crippen LogP contribution in [0.5, 0.6) is 0 Å². The van der Waals surface area contributed by atoms with E-state index in [2.05, 4.69) is 5.32 Å². The summed E-state index contributed by atoms with van der Waals surface area (Å²) in [5.41, 5.74) is 0.899. The Labute approximate surface area is 112 Å². The highest BCUT2D eigenvalue weighted by molar-refractivity contribution is 6.30. The van der Waals surface area contributed by atoms with Gasteiger partial charge in [-0.1, -0.05) is 24.1 Å². The summed E-state index contributed by atoms with van der Waals surface area (Å²) in [5, 5.41) is 12.7. The number of aliphatic hydroxyl groups is 1. The molecule has 4 heteroatoms. The molecule has 0 radical (unpaired) electrons. The van der Waals surface area contributed by atoms with Gasteiger partial charge in [-0.2, -0.15) is 0 Å². The van der Waals surface area contributed by atoms with Crippen LogP contribution < -0.4 is 5.32 Å². The van der Waals surface area contributed by atoms with Crippen LogP contribution in [-0.4, -0.2) is 18.3 Å². The molecule has 0 heterocycles. The van der Waals surface area contributed by atoms with Crippen molar-refractivity contribution in [2.75, 3.05) is 13.2 Å². The van der Waals surface area contributed by atoms with Crippen molar-refractivity contribution in [1.82, 2.24) is 5.32 Å². The molecule has 2 unspecified atom stereocenters. The minimum atomic E-state index is -0.370. The van der Waals surface area contributed by atoms with E-state index in [4.69, 9.17) is 11.6 Å². The van der Waals surface area contributed by atoms with Gasteiger partial charge in [0.05, 0.1) is 5.02 Å². The van der Waals surface area contributed by atoms with Crippen molar-refractivity contribution < 1.29 is 9.50 Å². The lowest BCUT2D eigenvalue weighted by atomic mass is 9.97. The molecule has 0 bridgehead atoms. The van der Waals surface area contributed by atoms with E-state index >= 15 is 0 Å². The molecule has 0 amide bonds. The van der Waals surface area contributed by atoms with Crippen LogP contribution in [0, 0.1) is 17.7 Å². The number of nitrogens with one attached hydrogen (secondary N) is 1. The SMILES string of the molecule is OCC1CCCC1CNCc1ccc(Cl)c(F)c1. The van der Waals surface area contributed by atoms with Crippen molar-refractivity contribution >= 4 is 11.6 Å². The maximum Gasteiger partial charge on any atom is 0.142 e. The first-order valence-corrected chi connectivity index (χ1v) is 6.84. The van der Waals surface area contributed by atoms with Crippen LogP contribution >= 0.6 is 11.6 Å². The molecule has 100 valence electrons. The van der Waals surface area contributed by atoms with E-state index in [1.807, 2.05) is 6.07 Å². The van der Waals surface area contributed by atoms with Crippen molar-refractivity contribution in [2.24, 2.45) is 11.8 Å². The summed E-state index contributed by atoms with van der Waals surface area (Å²) in [4.78, 5) is 0. The predicted molar refractivity (Wildman–Crippen MR) is 71.0 cm³/mol. The standard InChI is InChI=1S/C14H19ClFNO/c15-13-5-4-10(6-14(13)16)7-17-8-11-2-1-3-12(11)9-18/h4-6,11-12,17-18H,1-3,7-9H2. The normalized spacial score (nSPS) is 23.5. The van der Waals surface area contributed by atoms with Crippen LogP contribution in [0.1, 0.15) is 24.8 Å². The number of aliphatic hydroxyl groups excluding tert-OH is 1. The zero-order valence-electron chi connectivity index (χ0n) is 10.3. The van der Waals surface area contributed by atoms with Crippen LogP contribution in [-0.2, 0) is 6.54 Å². The molecule has 1 aliphatic rings. The van der Waals surface area contributed by atoms with E-state index in [1.54, 1.807) is 6.07 Å². The second kappa shape index (κ2) is 6.50. The second-order valence-electron chi connectivity index (χ2n) is 5.01. The third-order valence-electron chi connectivity index (χ3n) is 3.77. The fourth-order valence-corrected chi connectivity index (χ4v) is 2.79. The fourth-order valence-electron chi connectivity index (χ4n) is 2.67. The van der Waals surface area contributed by atoms with Gasteiger partial charge in [-0.25, -0.2) is 4.39 Å². The van der Waals surface area contributed by atoms with Crippen LogP contribution in [0.15, 0.2) is 18.2 Å². The molecule has 1 aromatic carbocycles. The van der Waals surface area contributed by atoms with Gasteiger partial charge in [0.2, 0.25) is 0 Å². The fraction of sp³-hybridized carbons (Fsp3) is 0.571. The second-order valence-corrected chi connectivity index (χ2v) is 5.42. The zero-order valence-corrected chi connectivity index (χ0v) is 11.1. The molecule has 2 rings (SSSR count). The summed E-state index contributed by atoms with van der Waals surface area (Å²) in [6, 6.07) is 4.88. The van der Waals surface area contributed by atoms with Gasteiger partial charge < -0.3 is 10.4 Å². The van der Waals surface area contributed by atoms with E-state index in [-0.39, 0.29) is 17.4 Å². The molecule has 1 fully saturated rings. The third kappa shape index (κ3) is 3.44. The molecule has 0 spiro atoms. The van der Waals surface area contributed by atoms with E-state index in [9.17, 15) is 9.50 Å². The number of hydrogen-bond acceptors (Lipinski definition) is 2. The molecule has 0 saturated heterocycles. The van der Waals surface area contributed by atoms with Gasteiger partial charge in [-0.15, -0.1) is 0 Å². The molecule has 2 atom stereocenters. The minimum Gasteiger partial charge on any atom is -0.396 e. The minimum absolute atomic E-state index is 0.162. The Bertz CT molecular complexity index is 399. The Kier molecular flexibility index (Phi) is 4.98. The Hall–Kier alpha value is -0.640. The van der Waals surface area contributed by atoms with Gasteiger partial charge in [-0.3, -0.25) is 0 Å². The zero-order chi connectivity index (χ0) is 13.0. The molecular weight excluding hydrogens is 253 g/mol. The van der Waals surface area contributed by atoms with Gasteiger partial charge in [-0.05, 0) is 48.9 Å². The van der Waals surface area contributed by atoms with Gasteiger partial charge in [0.25, 0.3) is 0 Å². The topological polar surface area (TPSA) is 32.3 Å². The van der Waals surface area contributed by atoms with Crippen molar-refractivity contribution in [1.29, 1.82) is 0 Å². The van der Waals surface area contributed by atoms with Gasteiger partial charge >= 0.3 is 0 Å². The third-order valence-corrected chi connectivity index (χ3v) is 4.08. The largest absolute Gasteiger partial charge is 0.396 e. The summed E-state index contributed by atoms with van der Waals surface area (Å²) in [7, 11) is 0. The summed E-state index contributed by atoms with van der Waals surface area (Å²) in [6.45, 7) is 1.81. The van der Waals surface area contributed by atoms with Crippen molar-refractivity contribution in [2.45, 2.75) is 25.8 Å². The molecule has 2 N–H and O–H groups in total. The monoisotopic (exact) mass is 271 g/mol. The lowest BCUT2D eigenvalue weighted by molar-refractivity contribution is 0.192. The maximum absolute atomic E-state index is 13.2. The highest BCUT2D eigenvalue weighted by atomic mass is 35.5. The Morgan fingerprint density at radius 2 is 2.11 bits per heavy atom. The highest BCUT2D eigenvalue weighted by Gasteiger charge is 2.25. The molecule has 0 aromatic heterocycles. The van der Waals surface area contributed by atoms with E-state index < -0.39 is 0 Å². The number of hydrogen-bond donors (Lipinski definition) is 2. The average molecular weight is 272 g/mol. The molecule has 1 aromatic rings.